The van der Waals surface area contributed by atoms with Gasteiger partial charge in [0, 0.05) is 44.6 Å². The molecule has 0 spiro atoms. The fourth-order valence-corrected chi connectivity index (χ4v) is 5.02. The largest absolute Gasteiger partial charge is 0.369 e. The first kappa shape index (κ1) is 19.7. The molecule has 0 bridgehead atoms. The number of hydrogen-bond acceptors (Lipinski definition) is 7. The third-order valence-corrected chi connectivity index (χ3v) is 6.61. The van der Waals surface area contributed by atoms with E-state index >= 15 is 0 Å². The van der Waals surface area contributed by atoms with Gasteiger partial charge in [-0.2, -0.15) is 5.26 Å². The van der Waals surface area contributed by atoms with Crippen molar-refractivity contribution in [1.82, 2.24) is 15.6 Å². The van der Waals surface area contributed by atoms with Crippen molar-refractivity contribution in [2.75, 3.05) is 49.1 Å². The van der Waals surface area contributed by atoms with Crippen LogP contribution >= 0.6 is 11.3 Å². The topological polar surface area (TPSA) is 84.3 Å². The van der Waals surface area contributed by atoms with E-state index in [1.54, 1.807) is 11.3 Å². The quantitative estimate of drug-likeness (QED) is 0.734. The molecule has 0 aliphatic carbocycles. The molecule has 2 aliphatic heterocycles. The molecule has 29 heavy (non-hydrogen) atoms. The Kier molecular flexibility index (Phi) is 5.97. The Morgan fingerprint density at radius 1 is 1.34 bits per heavy atom. The first-order valence-corrected chi connectivity index (χ1v) is 10.9. The zero-order chi connectivity index (χ0) is 20.2. The van der Waals surface area contributed by atoms with Gasteiger partial charge in [0.1, 0.15) is 12.6 Å². The molecule has 1 amide bonds. The van der Waals surface area contributed by atoms with Crippen molar-refractivity contribution < 1.29 is 4.79 Å². The van der Waals surface area contributed by atoms with E-state index in [0.717, 1.165) is 54.7 Å². The highest BCUT2D eigenvalue weighted by molar-refractivity contribution is 7.18. The van der Waals surface area contributed by atoms with E-state index in [1.807, 2.05) is 12.3 Å². The molecule has 2 saturated heterocycles. The highest BCUT2D eigenvalue weighted by Gasteiger charge is 2.36. The molecular formula is C21H26N6OS. The number of piperazine rings is 1. The Balaban J connectivity index is 1.48. The molecule has 2 fully saturated rings. The van der Waals surface area contributed by atoms with Crippen LogP contribution in [0.25, 0.3) is 10.4 Å². The summed E-state index contributed by atoms with van der Waals surface area (Å²) in [5.74, 6) is 0.325. The number of thiazole rings is 1. The molecule has 0 radical (unpaired) electrons. The van der Waals surface area contributed by atoms with E-state index in [0.29, 0.717) is 5.92 Å². The number of aromatic nitrogens is 1. The minimum absolute atomic E-state index is 0.0418. The van der Waals surface area contributed by atoms with Crippen LogP contribution in [0, 0.1) is 17.2 Å². The van der Waals surface area contributed by atoms with Gasteiger partial charge in [0.05, 0.1) is 10.9 Å². The molecule has 1 aromatic heterocycles. The normalized spacial score (nSPS) is 21.8. The SMILES string of the molecule is C[C@H]1C[C@@H](C(=O)NCC#N)N(c2ncc(-c3ccc(N4CCNCC4)cc3)s2)C1. The number of anilines is 2. The molecular weight excluding hydrogens is 384 g/mol. The predicted molar refractivity (Wildman–Crippen MR) is 116 cm³/mol. The van der Waals surface area contributed by atoms with Gasteiger partial charge in [-0.05, 0) is 30.0 Å². The number of hydrogen-bond donors (Lipinski definition) is 2. The molecule has 0 unspecified atom stereocenters. The molecule has 7 nitrogen and oxygen atoms in total. The molecule has 2 N–H and O–H groups in total. The average Bonchev–Trinajstić information content (AvgIpc) is 3.39. The molecule has 152 valence electrons. The summed E-state index contributed by atoms with van der Waals surface area (Å²) in [5, 5.41) is 15.7. The lowest BCUT2D eigenvalue weighted by molar-refractivity contribution is -0.122. The zero-order valence-electron chi connectivity index (χ0n) is 16.6. The Morgan fingerprint density at radius 3 is 2.83 bits per heavy atom. The Labute approximate surface area is 175 Å². The summed E-state index contributed by atoms with van der Waals surface area (Å²) in [6.45, 7) is 7.11. The van der Waals surface area contributed by atoms with Gasteiger partial charge in [-0.1, -0.05) is 30.4 Å². The monoisotopic (exact) mass is 410 g/mol. The smallest absolute Gasteiger partial charge is 0.243 e. The minimum Gasteiger partial charge on any atom is -0.369 e. The van der Waals surface area contributed by atoms with Crippen LogP contribution in [0.4, 0.5) is 10.8 Å². The molecule has 4 rings (SSSR count). The average molecular weight is 411 g/mol. The van der Waals surface area contributed by atoms with Crippen LogP contribution in [0.2, 0.25) is 0 Å². The van der Waals surface area contributed by atoms with Crippen LogP contribution in [0.3, 0.4) is 0 Å². The van der Waals surface area contributed by atoms with Crippen LogP contribution in [0.15, 0.2) is 30.5 Å². The van der Waals surface area contributed by atoms with E-state index in [4.69, 9.17) is 5.26 Å². The number of rotatable bonds is 5. The predicted octanol–water partition coefficient (Wildman–Crippen LogP) is 2.07. The summed E-state index contributed by atoms with van der Waals surface area (Å²) in [6.07, 6.45) is 2.68. The fourth-order valence-electron chi connectivity index (χ4n) is 4.04. The minimum atomic E-state index is -0.257. The molecule has 2 atom stereocenters. The maximum atomic E-state index is 12.5. The maximum Gasteiger partial charge on any atom is 0.243 e. The molecule has 0 saturated carbocycles. The molecule has 3 heterocycles. The highest BCUT2D eigenvalue weighted by atomic mass is 32.1. The second-order valence-corrected chi connectivity index (χ2v) is 8.69. The van der Waals surface area contributed by atoms with Crippen LogP contribution in [0.1, 0.15) is 13.3 Å². The van der Waals surface area contributed by atoms with Crippen molar-refractivity contribution in [3.63, 3.8) is 0 Å². The lowest BCUT2D eigenvalue weighted by Crippen LogP contribution is -2.43. The van der Waals surface area contributed by atoms with E-state index in [9.17, 15) is 4.79 Å². The van der Waals surface area contributed by atoms with Crippen LogP contribution < -0.4 is 20.4 Å². The van der Waals surface area contributed by atoms with Gasteiger partial charge in [0.15, 0.2) is 5.13 Å². The number of carbonyl (C=O) groups excluding carboxylic acids is 1. The molecule has 2 aliphatic rings. The lowest BCUT2D eigenvalue weighted by Gasteiger charge is -2.29. The highest BCUT2D eigenvalue weighted by Crippen LogP contribution is 2.36. The van der Waals surface area contributed by atoms with Gasteiger partial charge in [0.2, 0.25) is 5.91 Å². The number of nitrogens with zero attached hydrogens (tertiary/aromatic N) is 4. The van der Waals surface area contributed by atoms with Crippen molar-refractivity contribution in [3.8, 4) is 16.5 Å². The maximum absolute atomic E-state index is 12.5. The Hall–Kier alpha value is -2.63. The van der Waals surface area contributed by atoms with Crippen LogP contribution in [-0.4, -0.2) is 56.2 Å². The summed E-state index contributed by atoms with van der Waals surface area (Å²) in [4.78, 5) is 22.7. The van der Waals surface area contributed by atoms with Crippen molar-refractivity contribution in [2.45, 2.75) is 19.4 Å². The van der Waals surface area contributed by atoms with Crippen molar-refractivity contribution in [3.05, 3.63) is 30.5 Å². The van der Waals surface area contributed by atoms with Gasteiger partial charge >= 0.3 is 0 Å². The summed E-state index contributed by atoms with van der Waals surface area (Å²) >= 11 is 1.62. The summed E-state index contributed by atoms with van der Waals surface area (Å²) in [7, 11) is 0. The first-order valence-electron chi connectivity index (χ1n) is 10.1. The van der Waals surface area contributed by atoms with Gasteiger partial charge < -0.3 is 20.4 Å². The lowest BCUT2D eigenvalue weighted by atomic mass is 10.1. The van der Waals surface area contributed by atoms with Crippen molar-refractivity contribution in [1.29, 1.82) is 5.26 Å². The van der Waals surface area contributed by atoms with Crippen molar-refractivity contribution >= 4 is 28.1 Å². The van der Waals surface area contributed by atoms with E-state index < -0.39 is 0 Å². The third-order valence-electron chi connectivity index (χ3n) is 5.53. The molecule has 2 aromatic rings. The standard InChI is InChI=1S/C21H26N6OS/c1-15-12-18(20(28)24-7-6-22)27(14-15)21-25-13-19(29-21)16-2-4-17(5-3-16)26-10-8-23-9-11-26/h2-5,13,15,18,23H,7-12,14H2,1H3,(H,24,28)/t15-,18-/m0/s1. The van der Waals surface area contributed by atoms with Crippen LogP contribution in [-0.2, 0) is 4.79 Å². The van der Waals surface area contributed by atoms with Crippen molar-refractivity contribution in [2.24, 2.45) is 5.92 Å². The number of nitrogens with one attached hydrogen (secondary N) is 2. The molecule has 8 heteroatoms. The van der Waals surface area contributed by atoms with E-state index in [2.05, 4.69) is 56.6 Å². The number of carbonyl (C=O) groups is 1. The van der Waals surface area contributed by atoms with Crippen LogP contribution in [0.5, 0.6) is 0 Å². The zero-order valence-corrected chi connectivity index (χ0v) is 17.4. The van der Waals surface area contributed by atoms with E-state index in [1.165, 1.54) is 5.69 Å². The van der Waals surface area contributed by atoms with E-state index in [-0.39, 0.29) is 18.5 Å². The Morgan fingerprint density at radius 2 is 2.10 bits per heavy atom. The van der Waals surface area contributed by atoms with Gasteiger partial charge in [-0.3, -0.25) is 4.79 Å². The van der Waals surface area contributed by atoms with Gasteiger partial charge in [0.25, 0.3) is 0 Å². The number of benzene rings is 1. The summed E-state index contributed by atoms with van der Waals surface area (Å²) < 4.78 is 0. The second-order valence-electron chi connectivity index (χ2n) is 7.68. The summed E-state index contributed by atoms with van der Waals surface area (Å²) in [6, 6.07) is 10.4. The van der Waals surface area contributed by atoms with Gasteiger partial charge in [-0.25, -0.2) is 4.98 Å². The second kappa shape index (κ2) is 8.80. The first-order chi connectivity index (χ1) is 14.2. The number of nitriles is 1. The molecule has 1 aromatic carbocycles. The van der Waals surface area contributed by atoms with Gasteiger partial charge in [-0.15, -0.1) is 0 Å². The number of amides is 1. The third kappa shape index (κ3) is 4.36. The fraction of sp³-hybridized carbons (Fsp3) is 0.476. The Bertz CT molecular complexity index is 883. The summed E-state index contributed by atoms with van der Waals surface area (Å²) in [5.41, 5.74) is 2.40.